The van der Waals surface area contributed by atoms with Crippen LogP contribution in [-0.4, -0.2) is 34.1 Å². The zero-order valence-corrected chi connectivity index (χ0v) is 13.8. The average molecular weight is 316 g/mol. The van der Waals surface area contributed by atoms with Crippen LogP contribution in [0.1, 0.15) is 59.9 Å². The Balaban J connectivity index is 1.58. The highest BCUT2D eigenvalue weighted by atomic mass is 16.4. The molecule has 1 aliphatic heterocycles. The summed E-state index contributed by atoms with van der Waals surface area (Å²) in [6, 6.07) is 5.78. The molecule has 1 fully saturated rings. The summed E-state index contributed by atoms with van der Waals surface area (Å²) in [5.74, 6) is 1.01. The predicted octanol–water partition coefficient (Wildman–Crippen LogP) is 2.79. The van der Waals surface area contributed by atoms with Gasteiger partial charge in [-0.1, -0.05) is 6.42 Å². The van der Waals surface area contributed by atoms with Crippen molar-refractivity contribution < 1.29 is 9.21 Å². The zero-order chi connectivity index (χ0) is 16.2. The molecule has 6 nitrogen and oxygen atoms in total. The first-order valence-corrected chi connectivity index (χ1v) is 8.26. The standard InChI is InChI=1S/C17H24N4O2/c1-12-10-14(20-19-12)11-18-17(22)16-7-6-15(23-16)13(2)21-8-4-3-5-9-21/h6-7,10,13H,3-5,8-9,11H2,1-2H3,(H,18,22)(H,19,20). The second-order valence-electron chi connectivity index (χ2n) is 6.20. The Bertz CT molecular complexity index is 655. The van der Waals surface area contributed by atoms with Crippen molar-refractivity contribution in [1.82, 2.24) is 20.4 Å². The normalized spacial score (nSPS) is 17.1. The zero-order valence-electron chi connectivity index (χ0n) is 13.8. The van der Waals surface area contributed by atoms with E-state index in [4.69, 9.17) is 4.42 Å². The number of carbonyl (C=O) groups is 1. The van der Waals surface area contributed by atoms with Crippen LogP contribution >= 0.6 is 0 Å². The van der Waals surface area contributed by atoms with Gasteiger partial charge in [0, 0.05) is 5.69 Å². The van der Waals surface area contributed by atoms with Crippen LogP contribution in [-0.2, 0) is 6.54 Å². The molecule has 0 radical (unpaired) electrons. The van der Waals surface area contributed by atoms with Crippen molar-refractivity contribution in [2.75, 3.05) is 13.1 Å². The summed E-state index contributed by atoms with van der Waals surface area (Å²) in [4.78, 5) is 14.6. The Kier molecular flexibility index (Phi) is 4.81. The maximum Gasteiger partial charge on any atom is 0.287 e. The molecule has 0 saturated carbocycles. The van der Waals surface area contributed by atoms with Crippen molar-refractivity contribution in [3.63, 3.8) is 0 Å². The van der Waals surface area contributed by atoms with E-state index in [9.17, 15) is 4.79 Å². The Hall–Kier alpha value is -2.08. The number of hydrogen-bond acceptors (Lipinski definition) is 4. The van der Waals surface area contributed by atoms with Gasteiger partial charge < -0.3 is 9.73 Å². The number of aromatic amines is 1. The van der Waals surface area contributed by atoms with Crippen LogP contribution in [0.25, 0.3) is 0 Å². The van der Waals surface area contributed by atoms with Gasteiger partial charge in [0.1, 0.15) is 5.76 Å². The first kappa shape index (κ1) is 15.8. The smallest absolute Gasteiger partial charge is 0.287 e. The number of likely N-dealkylation sites (tertiary alicyclic amines) is 1. The lowest BCUT2D eigenvalue weighted by Gasteiger charge is -2.31. The highest BCUT2D eigenvalue weighted by Crippen LogP contribution is 2.25. The fraction of sp³-hybridized carbons (Fsp3) is 0.529. The minimum Gasteiger partial charge on any atom is -0.454 e. The SMILES string of the molecule is Cc1cc(CNC(=O)c2ccc(C(C)N3CCCCC3)o2)n[nH]1. The number of nitrogens with one attached hydrogen (secondary N) is 2. The van der Waals surface area contributed by atoms with Gasteiger partial charge in [-0.15, -0.1) is 0 Å². The highest BCUT2D eigenvalue weighted by Gasteiger charge is 2.22. The Morgan fingerprint density at radius 1 is 1.39 bits per heavy atom. The van der Waals surface area contributed by atoms with Crippen LogP contribution in [0.4, 0.5) is 0 Å². The third-order valence-electron chi connectivity index (χ3n) is 4.39. The molecule has 1 atom stereocenters. The third-order valence-corrected chi connectivity index (χ3v) is 4.39. The fourth-order valence-corrected chi connectivity index (χ4v) is 3.01. The molecule has 0 aromatic carbocycles. The molecule has 0 spiro atoms. The van der Waals surface area contributed by atoms with Gasteiger partial charge in [0.2, 0.25) is 0 Å². The first-order chi connectivity index (χ1) is 11.1. The summed E-state index contributed by atoms with van der Waals surface area (Å²) < 4.78 is 5.77. The van der Waals surface area contributed by atoms with Gasteiger partial charge in [-0.25, -0.2) is 0 Å². The van der Waals surface area contributed by atoms with Gasteiger partial charge in [0.15, 0.2) is 5.76 Å². The van der Waals surface area contributed by atoms with Gasteiger partial charge in [-0.2, -0.15) is 5.10 Å². The minimum absolute atomic E-state index is 0.206. The second kappa shape index (κ2) is 7.00. The minimum atomic E-state index is -0.206. The Labute approximate surface area is 136 Å². The van der Waals surface area contributed by atoms with Crippen molar-refractivity contribution in [2.45, 2.75) is 45.7 Å². The molecule has 1 unspecified atom stereocenters. The molecule has 3 heterocycles. The molecule has 1 saturated heterocycles. The molecule has 2 aromatic heterocycles. The second-order valence-corrected chi connectivity index (χ2v) is 6.20. The molecule has 0 aliphatic carbocycles. The van der Waals surface area contributed by atoms with E-state index in [1.54, 1.807) is 6.07 Å². The van der Waals surface area contributed by atoms with E-state index >= 15 is 0 Å². The van der Waals surface area contributed by atoms with E-state index in [1.807, 2.05) is 19.1 Å². The van der Waals surface area contributed by atoms with Crippen LogP contribution in [0.15, 0.2) is 22.6 Å². The summed E-state index contributed by atoms with van der Waals surface area (Å²) in [6.07, 6.45) is 3.78. The van der Waals surface area contributed by atoms with Crippen molar-refractivity contribution in [3.05, 3.63) is 41.1 Å². The molecule has 124 valence electrons. The summed E-state index contributed by atoms with van der Waals surface area (Å²) in [6.45, 7) is 6.65. The summed E-state index contributed by atoms with van der Waals surface area (Å²) >= 11 is 0. The monoisotopic (exact) mass is 316 g/mol. The van der Waals surface area contributed by atoms with E-state index < -0.39 is 0 Å². The molecule has 2 aromatic rings. The van der Waals surface area contributed by atoms with E-state index in [0.29, 0.717) is 12.3 Å². The van der Waals surface area contributed by atoms with Gasteiger partial charge in [0.25, 0.3) is 5.91 Å². The van der Waals surface area contributed by atoms with E-state index in [2.05, 4.69) is 27.3 Å². The van der Waals surface area contributed by atoms with Gasteiger partial charge in [-0.3, -0.25) is 14.8 Å². The van der Waals surface area contributed by atoms with Crippen LogP contribution < -0.4 is 5.32 Å². The van der Waals surface area contributed by atoms with Crippen LogP contribution in [0.3, 0.4) is 0 Å². The number of H-pyrrole nitrogens is 1. The van der Waals surface area contributed by atoms with E-state index in [1.165, 1.54) is 19.3 Å². The number of hydrogen-bond donors (Lipinski definition) is 2. The number of carbonyl (C=O) groups excluding carboxylic acids is 1. The molecular weight excluding hydrogens is 292 g/mol. The van der Waals surface area contributed by atoms with Crippen LogP contribution in [0.2, 0.25) is 0 Å². The van der Waals surface area contributed by atoms with E-state index in [0.717, 1.165) is 30.2 Å². The lowest BCUT2D eigenvalue weighted by Crippen LogP contribution is -2.32. The summed E-state index contributed by atoms with van der Waals surface area (Å²) in [5.41, 5.74) is 1.79. The number of furan rings is 1. The third kappa shape index (κ3) is 3.82. The van der Waals surface area contributed by atoms with Crippen molar-refractivity contribution in [3.8, 4) is 0 Å². The number of nitrogens with zero attached hydrogens (tertiary/aromatic N) is 2. The number of aryl methyl sites for hydroxylation is 1. The maximum atomic E-state index is 12.2. The lowest BCUT2D eigenvalue weighted by molar-refractivity contribution is 0.0913. The molecule has 0 bridgehead atoms. The lowest BCUT2D eigenvalue weighted by atomic mass is 10.1. The van der Waals surface area contributed by atoms with Crippen LogP contribution in [0, 0.1) is 6.92 Å². The van der Waals surface area contributed by atoms with Crippen molar-refractivity contribution in [2.24, 2.45) is 0 Å². The molecule has 6 heteroatoms. The predicted molar refractivity (Wildman–Crippen MR) is 87.0 cm³/mol. The number of aromatic nitrogens is 2. The average Bonchev–Trinajstić information content (AvgIpc) is 3.22. The van der Waals surface area contributed by atoms with E-state index in [-0.39, 0.29) is 11.9 Å². The summed E-state index contributed by atoms with van der Waals surface area (Å²) in [7, 11) is 0. The van der Waals surface area contributed by atoms with Gasteiger partial charge in [-0.05, 0) is 58.0 Å². The topological polar surface area (TPSA) is 74.2 Å². The number of piperidine rings is 1. The largest absolute Gasteiger partial charge is 0.454 e. The Morgan fingerprint density at radius 3 is 2.87 bits per heavy atom. The highest BCUT2D eigenvalue weighted by molar-refractivity contribution is 5.91. The molecule has 23 heavy (non-hydrogen) atoms. The molecule has 3 rings (SSSR count). The molecule has 1 aliphatic rings. The van der Waals surface area contributed by atoms with Crippen LogP contribution in [0.5, 0.6) is 0 Å². The number of amides is 1. The maximum absolute atomic E-state index is 12.2. The first-order valence-electron chi connectivity index (χ1n) is 8.26. The summed E-state index contributed by atoms with van der Waals surface area (Å²) in [5, 5.41) is 9.79. The molecule has 2 N–H and O–H groups in total. The van der Waals surface area contributed by atoms with Gasteiger partial charge in [0.05, 0.1) is 18.3 Å². The molecular formula is C17H24N4O2. The molecule has 1 amide bonds. The van der Waals surface area contributed by atoms with Gasteiger partial charge >= 0.3 is 0 Å². The van der Waals surface area contributed by atoms with Crippen molar-refractivity contribution >= 4 is 5.91 Å². The van der Waals surface area contributed by atoms with Crippen molar-refractivity contribution in [1.29, 1.82) is 0 Å². The quantitative estimate of drug-likeness (QED) is 0.889. The Morgan fingerprint density at radius 2 is 2.17 bits per heavy atom. The number of rotatable bonds is 5. The fourth-order valence-electron chi connectivity index (χ4n) is 3.01.